The molecule has 84 valence electrons. The van der Waals surface area contributed by atoms with Gasteiger partial charge < -0.3 is 4.98 Å². The third-order valence-corrected chi connectivity index (χ3v) is 2.43. The molecule has 1 N–H and O–H groups in total. The quantitative estimate of drug-likeness (QED) is 0.753. The van der Waals surface area contributed by atoms with Gasteiger partial charge in [-0.05, 0) is 21.1 Å². The van der Waals surface area contributed by atoms with Crippen molar-refractivity contribution in [2.45, 2.75) is 6.54 Å². The van der Waals surface area contributed by atoms with E-state index in [1.54, 1.807) is 7.05 Å². The molecule has 0 spiro atoms. The lowest BCUT2D eigenvalue weighted by molar-refractivity contribution is 0.619. The smallest absolute Gasteiger partial charge is 0.313 e. The molecule has 8 nitrogen and oxygen atoms in total. The van der Waals surface area contributed by atoms with Gasteiger partial charge >= 0.3 is 5.69 Å². The standard InChI is InChI=1S/C7H7BrN6O2/c1-13-11-5(10-12-13)3-14-6(15)4(8)2-9-7(14)16/h2H,3H2,1H3,(H,9,16). The normalized spacial score (nSPS) is 10.6. The van der Waals surface area contributed by atoms with Gasteiger partial charge in [0.1, 0.15) is 0 Å². The van der Waals surface area contributed by atoms with Gasteiger partial charge in [-0.15, -0.1) is 10.2 Å². The van der Waals surface area contributed by atoms with E-state index >= 15 is 0 Å². The lowest BCUT2D eigenvalue weighted by atomic mass is 10.5. The van der Waals surface area contributed by atoms with Crippen LogP contribution in [-0.2, 0) is 13.6 Å². The molecule has 2 heterocycles. The average molecular weight is 287 g/mol. The zero-order valence-electron chi connectivity index (χ0n) is 8.21. The molecule has 0 aliphatic rings. The predicted octanol–water partition coefficient (Wildman–Crippen LogP) is -1.13. The van der Waals surface area contributed by atoms with E-state index in [2.05, 4.69) is 36.3 Å². The summed E-state index contributed by atoms with van der Waals surface area (Å²) in [5.74, 6) is 0.299. The van der Waals surface area contributed by atoms with Gasteiger partial charge in [0.15, 0.2) is 5.82 Å². The fraction of sp³-hybridized carbons (Fsp3) is 0.286. The Morgan fingerprint density at radius 3 is 2.88 bits per heavy atom. The minimum atomic E-state index is -0.513. The number of hydrogen-bond acceptors (Lipinski definition) is 5. The Labute approximate surface area is 97.0 Å². The van der Waals surface area contributed by atoms with E-state index in [-0.39, 0.29) is 11.0 Å². The number of nitrogens with one attached hydrogen (secondary N) is 1. The van der Waals surface area contributed by atoms with Crippen molar-refractivity contribution in [1.29, 1.82) is 0 Å². The lowest BCUT2D eigenvalue weighted by Crippen LogP contribution is -2.35. The number of aromatic nitrogens is 6. The summed E-state index contributed by atoms with van der Waals surface area (Å²) in [7, 11) is 1.60. The zero-order valence-corrected chi connectivity index (χ0v) is 9.80. The molecule has 2 aromatic rings. The Balaban J connectivity index is 2.46. The first kappa shape index (κ1) is 10.7. The molecule has 0 aromatic carbocycles. The van der Waals surface area contributed by atoms with Crippen molar-refractivity contribution in [1.82, 2.24) is 29.8 Å². The molecule has 2 rings (SSSR count). The monoisotopic (exact) mass is 286 g/mol. The molecular formula is C7H7BrN6O2. The maximum Gasteiger partial charge on any atom is 0.328 e. The fourth-order valence-corrected chi connectivity index (χ4v) is 1.49. The maximum atomic E-state index is 11.6. The van der Waals surface area contributed by atoms with E-state index in [1.165, 1.54) is 11.0 Å². The Kier molecular flexibility index (Phi) is 2.69. The largest absolute Gasteiger partial charge is 0.328 e. The van der Waals surface area contributed by atoms with Crippen LogP contribution in [0.3, 0.4) is 0 Å². The number of H-pyrrole nitrogens is 1. The van der Waals surface area contributed by atoms with E-state index in [1.807, 2.05) is 0 Å². The third-order valence-electron chi connectivity index (χ3n) is 1.87. The van der Waals surface area contributed by atoms with Crippen molar-refractivity contribution in [3.63, 3.8) is 0 Å². The minimum absolute atomic E-state index is 0.0125. The second-order valence-electron chi connectivity index (χ2n) is 3.03. The van der Waals surface area contributed by atoms with Crippen molar-refractivity contribution in [3.05, 3.63) is 37.3 Å². The predicted molar refractivity (Wildman–Crippen MR) is 56.9 cm³/mol. The molecule has 0 aliphatic heterocycles. The Morgan fingerprint density at radius 2 is 2.25 bits per heavy atom. The fourth-order valence-electron chi connectivity index (χ4n) is 1.16. The number of aromatic amines is 1. The first-order valence-corrected chi connectivity index (χ1v) is 5.08. The number of hydrogen-bond donors (Lipinski definition) is 1. The highest BCUT2D eigenvalue weighted by Gasteiger charge is 2.08. The van der Waals surface area contributed by atoms with Crippen LogP contribution in [0, 0.1) is 0 Å². The van der Waals surface area contributed by atoms with Crippen molar-refractivity contribution >= 4 is 15.9 Å². The maximum absolute atomic E-state index is 11.6. The van der Waals surface area contributed by atoms with Crippen LogP contribution >= 0.6 is 15.9 Å². The van der Waals surface area contributed by atoms with E-state index in [0.717, 1.165) is 4.57 Å². The van der Waals surface area contributed by atoms with Gasteiger partial charge in [0.2, 0.25) is 0 Å². The highest BCUT2D eigenvalue weighted by molar-refractivity contribution is 9.10. The van der Waals surface area contributed by atoms with Crippen LogP contribution in [0.4, 0.5) is 0 Å². The summed E-state index contributed by atoms with van der Waals surface area (Å²) in [5.41, 5.74) is -0.947. The summed E-state index contributed by atoms with van der Waals surface area (Å²) >= 11 is 3.03. The van der Waals surface area contributed by atoms with Gasteiger partial charge in [-0.2, -0.15) is 4.80 Å². The Bertz CT molecular complexity index is 626. The minimum Gasteiger partial charge on any atom is -0.313 e. The Morgan fingerprint density at radius 1 is 1.50 bits per heavy atom. The molecule has 2 aromatic heterocycles. The van der Waals surface area contributed by atoms with Crippen LogP contribution in [0.15, 0.2) is 20.3 Å². The number of nitrogens with zero attached hydrogens (tertiary/aromatic N) is 5. The van der Waals surface area contributed by atoms with Gasteiger partial charge in [0, 0.05) is 6.20 Å². The van der Waals surface area contributed by atoms with Crippen LogP contribution in [0.2, 0.25) is 0 Å². The summed E-state index contributed by atoms with van der Waals surface area (Å²) in [4.78, 5) is 26.7. The molecular weight excluding hydrogens is 280 g/mol. The number of rotatable bonds is 2. The number of halogens is 1. The van der Waals surface area contributed by atoms with Crippen LogP contribution in [0.5, 0.6) is 0 Å². The highest BCUT2D eigenvalue weighted by atomic mass is 79.9. The molecule has 0 bridgehead atoms. The summed E-state index contributed by atoms with van der Waals surface area (Å²) in [6.45, 7) is -0.0125. The molecule has 0 aliphatic carbocycles. The van der Waals surface area contributed by atoms with Crippen LogP contribution in [0.25, 0.3) is 0 Å². The van der Waals surface area contributed by atoms with Crippen LogP contribution < -0.4 is 11.2 Å². The van der Waals surface area contributed by atoms with Gasteiger partial charge in [-0.1, -0.05) is 0 Å². The Hall–Kier alpha value is -1.77. The van der Waals surface area contributed by atoms with Crippen LogP contribution in [-0.4, -0.2) is 29.8 Å². The number of tetrazole rings is 1. The highest BCUT2D eigenvalue weighted by Crippen LogP contribution is 1.97. The van der Waals surface area contributed by atoms with E-state index < -0.39 is 11.2 Å². The van der Waals surface area contributed by atoms with E-state index in [4.69, 9.17) is 0 Å². The molecule has 0 unspecified atom stereocenters. The summed E-state index contributed by atoms with van der Waals surface area (Å²) in [6.07, 6.45) is 1.30. The molecule has 9 heteroatoms. The first-order valence-electron chi connectivity index (χ1n) is 4.29. The van der Waals surface area contributed by atoms with Gasteiger partial charge in [-0.3, -0.25) is 9.36 Å². The molecule has 0 amide bonds. The molecule has 0 radical (unpaired) electrons. The molecule has 0 saturated heterocycles. The van der Waals surface area contributed by atoms with Gasteiger partial charge in [0.25, 0.3) is 5.56 Å². The summed E-state index contributed by atoms with van der Waals surface area (Å²) in [5, 5.41) is 11.2. The van der Waals surface area contributed by atoms with Crippen molar-refractivity contribution in [2.75, 3.05) is 0 Å². The first-order chi connectivity index (χ1) is 7.58. The SMILES string of the molecule is Cn1nnc(Cn2c(=O)[nH]cc(Br)c2=O)n1. The van der Waals surface area contributed by atoms with Crippen molar-refractivity contribution < 1.29 is 0 Å². The van der Waals surface area contributed by atoms with Crippen LogP contribution in [0.1, 0.15) is 5.82 Å². The zero-order chi connectivity index (χ0) is 11.7. The third kappa shape index (κ3) is 1.94. The lowest BCUT2D eigenvalue weighted by Gasteiger charge is -2.00. The average Bonchev–Trinajstić information content (AvgIpc) is 2.65. The summed E-state index contributed by atoms with van der Waals surface area (Å²) in [6, 6.07) is 0. The van der Waals surface area contributed by atoms with Gasteiger partial charge in [0.05, 0.1) is 18.1 Å². The van der Waals surface area contributed by atoms with Crippen molar-refractivity contribution in [3.8, 4) is 0 Å². The molecule has 0 fully saturated rings. The van der Waals surface area contributed by atoms with E-state index in [0.29, 0.717) is 5.82 Å². The molecule has 0 atom stereocenters. The molecule has 16 heavy (non-hydrogen) atoms. The van der Waals surface area contributed by atoms with E-state index in [9.17, 15) is 9.59 Å². The topological polar surface area (TPSA) is 98.5 Å². The summed E-state index contributed by atoms with van der Waals surface area (Å²) < 4.78 is 1.26. The van der Waals surface area contributed by atoms with Gasteiger partial charge in [-0.25, -0.2) is 4.79 Å². The molecule has 0 saturated carbocycles. The number of aryl methyl sites for hydroxylation is 1. The second kappa shape index (κ2) is 4.00. The second-order valence-corrected chi connectivity index (χ2v) is 3.88. The van der Waals surface area contributed by atoms with Crippen molar-refractivity contribution in [2.24, 2.45) is 7.05 Å².